The van der Waals surface area contributed by atoms with E-state index >= 15 is 0 Å². The molecule has 0 radical (unpaired) electrons. The first-order valence-electron chi connectivity index (χ1n) is 10.2. The van der Waals surface area contributed by atoms with E-state index in [4.69, 9.17) is 0 Å². The van der Waals surface area contributed by atoms with Crippen LogP contribution in [-0.2, 0) is 13.0 Å². The normalized spacial score (nSPS) is 11.2. The molecule has 0 bridgehead atoms. The molecule has 0 spiro atoms. The van der Waals surface area contributed by atoms with Gasteiger partial charge in [0.1, 0.15) is 5.82 Å². The van der Waals surface area contributed by atoms with Crippen LogP contribution < -0.4 is 10.6 Å². The van der Waals surface area contributed by atoms with Crippen LogP contribution in [0.2, 0.25) is 0 Å². The Hall–Kier alpha value is -3.78. The summed E-state index contributed by atoms with van der Waals surface area (Å²) < 4.78 is 15.2. The molecular weight excluding hydrogens is 425 g/mol. The van der Waals surface area contributed by atoms with Gasteiger partial charge in [0, 0.05) is 30.5 Å². The molecule has 0 saturated carbocycles. The van der Waals surface area contributed by atoms with Gasteiger partial charge in [0.2, 0.25) is 4.96 Å². The van der Waals surface area contributed by atoms with Crippen molar-refractivity contribution in [3.8, 4) is 11.4 Å². The summed E-state index contributed by atoms with van der Waals surface area (Å²) in [5.74, 6) is 0.165. The molecule has 0 aliphatic heterocycles. The monoisotopic (exact) mass is 445 g/mol. The number of thiazole rings is 1. The Bertz CT molecular complexity index is 1400. The van der Waals surface area contributed by atoms with Gasteiger partial charge < -0.3 is 10.6 Å². The fourth-order valence-corrected chi connectivity index (χ4v) is 4.49. The van der Waals surface area contributed by atoms with Crippen molar-refractivity contribution >= 4 is 33.1 Å². The highest BCUT2D eigenvalue weighted by Crippen LogP contribution is 2.22. The number of hydrogen-bond donors (Lipinski definition) is 2. The summed E-state index contributed by atoms with van der Waals surface area (Å²) in [5.41, 5.74) is 2.65. The lowest BCUT2D eigenvalue weighted by molar-refractivity contribution is 0.240. The van der Waals surface area contributed by atoms with E-state index < -0.39 is 0 Å². The van der Waals surface area contributed by atoms with Gasteiger partial charge in [0.25, 0.3) is 0 Å². The molecule has 3 aromatic carbocycles. The topological polar surface area (TPSA) is 71.3 Å². The minimum absolute atomic E-state index is 0.219. The van der Waals surface area contributed by atoms with E-state index in [9.17, 15) is 9.18 Å². The molecule has 2 aromatic heterocycles. The van der Waals surface area contributed by atoms with Gasteiger partial charge in [-0.1, -0.05) is 54.6 Å². The molecule has 6 nitrogen and oxygen atoms in total. The van der Waals surface area contributed by atoms with E-state index in [0.717, 1.165) is 27.0 Å². The van der Waals surface area contributed by atoms with Crippen molar-refractivity contribution in [2.24, 2.45) is 0 Å². The zero-order chi connectivity index (χ0) is 21.9. The number of amides is 2. The van der Waals surface area contributed by atoms with Crippen LogP contribution in [0.3, 0.4) is 0 Å². The maximum Gasteiger partial charge on any atom is 0.315 e. The van der Waals surface area contributed by atoms with Crippen molar-refractivity contribution in [3.05, 3.63) is 89.2 Å². The lowest BCUT2D eigenvalue weighted by atomic mass is 10.0. The number of urea groups is 1. The third-order valence-electron chi connectivity index (χ3n) is 5.22. The number of halogens is 1. The Kier molecular flexibility index (Phi) is 5.51. The quantitative estimate of drug-likeness (QED) is 0.395. The molecule has 0 unspecified atom stereocenters. The summed E-state index contributed by atoms with van der Waals surface area (Å²) in [7, 11) is 0. The minimum Gasteiger partial charge on any atom is -0.338 e. The van der Waals surface area contributed by atoms with E-state index in [1.54, 1.807) is 16.6 Å². The van der Waals surface area contributed by atoms with Crippen LogP contribution in [0.15, 0.2) is 72.1 Å². The average Bonchev–Trinajstić information content (AvgIpc) is 3.39. The fraction of sp³-hybridized carbons (Fsp3) is 0.125. The molecule has 2 heterocycles. The van der Waals surface area contributed by atoms with Gasteiger partial charge in [-0.2, -0.15) is 4.98 Å². The molecule has 8 heteroatoms. The van der Waals surface area contributed by atoms with Crippen LogP contribution in [-0.4, -0.2) is 27.2 Å². The van der Waals surface area contributed by atoms with E-state index in [2.05, 4.69) is 38.9 Å². The summed E-state index contributed by atoms with van der Waals surface area (Å²) >= 11 is 1.47. The smallest absolute Gasteiger partial charge is 0.315 e. The standard InChI is InChI=1S/C24H20FN5OS/c25-19-9-4-7-17(13-19)22-28-24-30(29-22)20(15-32-24)11-12-26-23(31)27-14-18-8-3-6-16-5-1-2-10-21(16)18/h1-10,13,15H,11-12,14H2,(H2,26,27,31). The SMILES string of the molecule is O=C(NCCc1csc2nc(-c3cccc(F)c3)nn12)NCc1cccc2ccccc12. The number of rotatable bonds is 6. The number of carbonyl (C=O) groups is 1. The molecule has 0 fully saturated rings. The van der Waals surface area contributed by atoms with Crippen LogP contribution >= 0.6 is 11.3 Å². The number of aromatic nitrogens is 3. The Balaban J connectivity index is 1.18. The summed E-state index contributed by atoms with van der Waals surface area (Å²) in [6.45, 7) is 0.915. The lowest BCUT2D eigenvalue weighted by Crippen LogP contribution is -2.36. The van der Waals surface area contributed by atoms with Gasteiger partial charge in [0.05, 0.1) is 5.69 Å². The van der Waals surface area contributed by atoms with E-state index in [0.29, 0.717) is 30.9 Å². The zero-order valence-electron chi connectivity index (χ0n) is 17.1. The third kappa shape index (κ3) is 4.17. The first kappa shape index (κ1) is 20.1. The maximum absolute atomic E-state index is 13.5. The van der Waals surface area contributed by atoms with Crippen LogP contribution in [0.4, 0.5) is 9.18 Å². The molecule has 0 saturated heterocycles. The van der Waals surface area contributed by atoms with Crippen molar-refractivity contribution in [1.29, 1.82) is 0 Å². The van der Waals surface area contributed by atoms with Crippen molar-refractivity contribution < 1.29 is 9.18 Å². The molecule has 0 aliphatic carbocycles. The lowest BCUT2D eigenvalue weighted by Gasteiger charge is -2.09. The molecule has 5 aromatic rings. The van der Waals surface area contributed by atoms with E-state index in [1.807, 2.05) is 29.6 Å². The van der Waals surface area contributed by atoms with Gasteiger partial charge in [-0.3, -0.25) is 0 Å². The molecule has 2 N–H and O–H groups in total. The predicted molar refractivity (Wildman–Crippen MR) is 124 cm³/mol. The number of nitrogens with one attached hydrogen (secondary N) is 2. The van der Waals surface area contributed by atoms with Crippen LogP contribution in [0, 0.1) is 5.82 Å². The largest absolute Gasteiger partial charge is 0.338 e. The second-order valence-electron chi connectivity index (χ2n) is 7.36. The highest BCUT2D eigenvalue weighted by atomic mass is 32.1. The summed E-state index contributed by atoms with van der Waals surface area (Å²) in [6, 6.07) is 20.2. The first-order valence-corrected chi connectivity index (χ1v) is 11.1. The average molecular weight is 446 g/mol. The maximum atomic E-state index is 13.5. The molecule has 5 rings (SSSR count). The second kappa shape index (κ2) is 8.76. The van der Waals surface area contributed by atoms with Gasteiger partial charge in [0.15, 0.2) is 5.82 Å². The van der Waals surface area contributed by atoms with Crippen molar-refractivity contribution in [2.45, 2.75) is 13.0 Å². The fourth-order valence-electron chi connectivity index (χ4n) is 3.64. The van der Waals surface area contributed by atoms with Gasteiger partial charge >= 0.3 is 6.03 Å². The summed E-state index contributed by atoms with van der Waals surface area (Å²) in [6.07, 6.45) is 0.605. The number of nitrogens with zero attached hydrogens (tertiary/aromatic N) is 3. The van der Waals surface area contributed by atoms with E-state index in [-0.39, 0.29) is 11.8 Å². The minimum atomic E-state index is -0.320. The molecule has 0 aliphatic rings. The zero-order valence-corrected chi connectivity index (χ0v) is 17.9. The molecular formula is C24H20FN5OS. The van der Waals surface area contributed by atoms with Crippen LogP contribution in [0.1, 0.15) is 11.3 Å². The number of fused-ring (bicyclic) bond motifs is 2. The Labute approximate surface area is 187 Å². The predicted octanol–water partition coefficient (Wildman–Crippen LogP) is 4.79. The Morgan fingerprint density at radius 2 is 1.88 bits per heavy atom. The first-order chi connectivity index (χ1) is 15.7. The van der Waals surface area contributed by atoms with Crippen molar-refractivity contribution in [1.82, 2.24) is 25.2 Å². The third-order valence-corrected chi connectivity index (χ3v) is 6.08. The number of carbonyl (C=O) groups excluding carboxylic acids is 1. The van der Waals surface area contributed by atoms with Crippen molar-refractivity contribution in [3.63, 3.8) is 0 Å². The summed E-state index contributed by atoms with van der Waals surface area (Å²) in [4.78, 5) is 17.5. The highest BCUT2D eigenvalue weighted by Gasteiger charge is 2.12. The van der Waals surface area contributed by atoms with Crippen molar-refractivity contribution in [2.75, 3.05) is 6.54 Å². The molecule has 0 atom stereocenters. The Morgan fingerprint density at radius 1 is 1.03 bits per heavy atom. The van der Waals surface area contributed by atoms with Gasteiger partial charge in [-0.25, -0.2) is 13.7 Å². The van der Waals surface area contributed by atoms with Gasteiger partial charge in [-0.05, 0) is 28.5 Å². The molecule has 2 amide bonds. The highest BCUT2D eigenvalue weighted by molar-refractivity contribution is 7.15. The summed E-state index contributed by atoms with van der Waals surface area (Å²) in [5, 5.41) is 14.6. The number of hydrogen-bond acceptors (Lipinski definition) is 4. The number of benzene rings is 3. The Morgan fingerprint density at radius 3 is 2.78 bits per heavy atom. The molecule has 32 heavy (non-hydrogen) atoms. The van der Waals surface area contributed by atoms with Gasteiger partial charge in [-0.15, -0.1) is 16.4 Å². The van der Waals surface area contributed by atoms with E-state index in [1.165, 1.54) is 23.5 Å². The van der Waals surface area contributed by atoms with Crippen LogP contribution in [0.25, 0.3) is 27.1 Å². The second-order valence-corrected chi connectivity index (χ2v) is 8.20. The van der Waals surface area contributed by atoms with Crippen LogP contribution in [0.5, 0.6) is 0 Å². The molecule has 160 valence electrons.